The number of hydrogen-bond donors (Lipinski definition) is 1. The summed E-state index contributed by atoms with van der Waals surface area (Å²) in [4.78, 5) is 31.6. The number of hydrogen-bond acceptors (Lipinski definition) is 5. The average Bonchev–Trinajstić information content (AvgIpc) is 2.75. The predicted octanol–water partition coefficient (Wildman–Crippen LogP) is 4.05. The van der Waals surface area contributed by atoms with E-state index in [0.29, 0.717) is 35.4 Å². The smallest absolute Gasteiger partial charge is 0.234 e. The Kier molecular flexibility index (Phi) is 7.76. The summed E-state index contributed by atoms with van der Waals surface area (Å²) in [7, 11) is 1.60. The first-order valence-electron chi connectivity index (χ1n) is 9.72. The Labute approximate surface area is 185 Å². The van der Waals surface area contributed by atoms with Crippen molar-refractivity contribution >= 4 is 46.0 Å². The van der Waals surface area contributed by atoms with Gasteiger partial charge in [0.1, 0.15) is 5.75 Å². The van der Waals surface area contributed by atoms with E-state index in [1.807, 2.05) is 55.5 Å². The van der Waals surface area contributed by atoms with Crippen LogP contribution in [0.1, 0.15) is 18.9 Å². The second-order valence-electron chi connectivity index (χ2n) is 6.72. The number of ether oxygens (including phenoxy) is 1. The molecule has 0 radical (unpaired) electrons. The van der Waals surface area contributed by atoms with Gasteiger partial charge in [0.2, 0.25) is 11.8 Å². The van der Waals surface area contributed by atoms with E-state index in [0.717, 1.165) is 11.3 Å². The molecule has 1 aliphatic rings. The lowest BCUT2D eigenvalue weighted by Crippen LogP contribution is -2.47. The highest BCUT2D eigenvalue weighted by Gasteiger charge is 2.35. The molecule has 0 unspecified atom stereocenters. The first-order chi connectivity index (χ1) is 14.5. The van der Waals surface area contributed by atoms with Gasteiger partial charge in [0.15, 0.2) is 5.17 Å². The summed E-state index contributed by atoms with van der Waals surface area (Å²) in [6, 6.07) is 14.8. The van der Waals surface area contributed by atoms with Crippen LogP contribution in [0, 0.1) is 0 Å². The molecule has 8 heteroatoms. The molecule has 2 aromatic carbocycles. The van der Waals surface area contributed by atoms with Crippen LogP contribution in [0.5, 0.6) is 5.75 Å². The molecule has 30 heavy (non-hydrogen) atoms. The number of carbonyl (C=O) groups excluding carboxylic acids is 2. The minimum absolute atomic E-state index is 0.105. The number of amides is 2. The SMILES string of the molecule is CCNC(=O)[C@@H]1CC(=O)N(CCc2ccc(Cl)cc2)C(=Nc2ccc(OC)cc2)S1. The van der Waals surface area contributed by atoms with Gasteiger partial charge < -0.3 is 10.1 Å². The number of rotatable bonds is 7. The number of methoxy groups -OCH3 is 1. The number of amidine groups is 1. The molecule has 3 rings (SSSR count). The molecule has 0 aromatic heterocycles. The first kappa shape index (κ1) is 22.2. The standard InChI is InChI=1S/C22H24ClN3O3S/c1-3-24-21(28)19-14-20(27)26(13-12-15-4-6-16(23)7-5-15)22(30-19)25-17-8-10-18(29-2)11-9-17/h4-11,19H,3,12-14H2,1-2H3,(H,24,28)/t19-/m0/s1. The van der Waals surface area contributed by atoms with Crippen molar-refractivity contribution in [3.63, 3.8) is 0 Å². The van der Waals surface area contributed by atoms with Crippen LogP contribution in [0.15, 0.2) is 53.5 Å². The lowest BCUT2D eigenvalue weighted by Gasteiger charge is -2.31. The van der Waals surface area contributed by atoms with Gasteiger partial charge in [-0.1, -0.05) is 35.5 Å². The predicted molar refractivity (Wildman–Crippen MR) is 122 cm³/mol. The first-order valence-corrected chi connectivity index (χ1v) is 11.0. The van der Waals surface area contributed by atoms with E-state index in [1.54, 1.807) is 12.0 Å². The van der Waals surface area contributed by atoms with Crippen LogP contribution in [0.4, 0.5) is 5.69 Å². The van der Waals surface area contributed by atoms with Gasteiger partial charge in [0.25, 0.3) is 0 Å². The van der Waals surface area contributed by atoms with Gasteiger partial charge in [-0.25, -0.2) is 4.99 Å². The fraction of sp³-hybridized carbons (Fsp3) is 0.318. The lowest BCUT2D eigenvalue weighted by atomic mass is 10.1. The third-order valence-corrected chi connectivity index (χ3v) is 6.06. The van der Waals surface area contributed by atoms with Gasteiger partial charge in [-0.15, -0.1) is 0 Å². The van der Waals surface area contributed by atoms with Crippen LogP contribution in [0.3, 0.4) is 0 Å². The Morgan fingerprint density at radius 1 is 1.23 bits per heavy atom. The third-order valence-electron chi connectivity index (χ3n) is 4.62. The lowest BCUT2D eigenvalue weighted by molar-refractivity contribution is -0.130. The topological polar surface area (TPSA) is 71.0 Å². The fourth-order valence-electron chi connectivity index (χ4n) is 3.01. The molecule has 0 saturated carbocycles. The van der Waals surface area contributed by atoms with E-state index in [9.17, 15) is 9.59 Å². The second kappa shape index (κ2) is 10.5. The van der Waals surface area contributed by atoms with Crippen molar-refractivity contribution in [2.75, 3.05) is 20.2 Å². The van der Waals surface area contributed by atoms with Crippen molar-refractivity contribution in [2.45, 2.75) is 25.0 Å². The number of aliphatic imine (C=N–C) groups is 1. The summed E-state index contributed by atoms with van der Waals surface area (Å²) >= 11 is 7.28. The minimum Gasteiger partial charge on any atom is -0.497 e. The maximum atomic E-state index is 12.9. The van der Waals surface area contributed by atoms with Crippen LogP contribution in [-0.4, -0.2) is 47.3 Å². The van der Waals surface area contributed by atoms with Gasteiger partial charge in [0, 0.05) is 24.5 Å². The van der Waals surface area contributed by atoms with Gasteiger partial charge in [0.05, 0.1) is 18.0 Å². The molecule has 1 saturated heterocycles. The number of thioether (sulfide) groups is 1. The highest BCUT2D eigenvalue weighted by atomic mass is 35.5. The van der Waals surface area contributed by atoms with Crippen molar-refractivity contribution in [3.05, 3.63) is 59.1 Å². The molecule has 1 aliphatic heterocycles. The summed E-state index contributed by atoms with van der Waals surface area (Å²) in [6.07, 6.45) is 0.815. The summed E-state index contributed by atoms with van der Waals surface area (Å²) in [5.41, 5.74) is 1.77. The van der Waals surface area contributed by atoms with Crippen molar-refractivity contribution in [1.82, 2.24) is 10.2 Å². The monoisotopic (exact) mass is 445 g/mol. The Morgan fingerprint density at radius 3 is 2.57 bits per heavy atom. The van der Waals surface area contributed by atoms with Crippen LogP contribution in [0.2, 0.25) is 5.02 Å². The van der Waals surface area contributed by atoms with Crippen LogP contribution >= 0.6 is 23.4 Å². The van der Waals surface area contributed by atoms with E-state index in [4.69, 9.17) is 16.3 Å². The third kappa shape index (κ3) is 5.77. The quantitative estimate of drug-likeness (QED) is 0.697. The van der Waals surface area contributed by atoms with E-state index in [1.165, 1.54) is 11.8 Å². The minimum atomic E-state index is -0.485. The molecule has 0 aliphatic carbocycles. The van der Waals surface area contributed by atoms with E-state index < -0.39 is 5.25 Å². The zero-order valence-corrected chi connectivity index (χ0v) is 18.5. The molecular formula is C22H24ClN3O3S. The molecule has 0 bridgehead atoms. The summed E-state index contributed by atoms with van der Waals surface area (Å²) in [6.45, 7) is 2.86. The number of carbonyl (C=O) groups is 2. The number of nitrogens with one attached hydrogen (secondary N) is 1. The second-order valence-corrected chi connectivity index (χ2v) is 8.33. The molecule has 158 valence electrons. The molecule has 1 heterocycles. The Hall–Kier alpha value is -2.51. The Morgan fingerprint density at radius 2 is 1.93 bits per heavy atom. The highest BCUT2D eigenvalue weighted by Crippen LogP contribution is 2.30. The molecule has 0 spiro atoms. The van der Waals surface area contributed by atoms with E-state index in [-0.39, 0.29) is 18.2 Å². The summed E-state index contributed by atoms with van der Waals surface area (Å²) < 4.78 is 5.19. The Balaban J connectivity index is 1.83. The zero-order valence-electron chi connectivity index (χ0n) is 16.9. The van der Waals surface area contributed by atoms with Gasteiger partial charge in [-0.3, -0.25) is 14.5 Å². The van der Waals surface area contributed by atoms with Gasteiger partial charge in [-0.2, -0.15) is 0 Å². The Bertz CT molecular complexity index is 916. The van der Waals surface area contributed by atoms with Crippen molar-refractivity contribution < 1.29 is 14.3 Å². The fourth-order valence-corrected chi connectivity index (χ4v) is 4.28. The largest absolute Gasteiger partial charge is 0.497 e. The van der Waals surface area contributed by atoms with Crippen molar-refractivity contribution in [2.24, 2.45) is 4.99 Å². The highest BCUT2D eigenvalue weighted by molar-refractivity contribution is 8.15. The van der Waals surface area contributed by atoms with Crippen LogP contribution in [0.25, 0.3) is 0 Å². The maximum absolute atomic E-state index is 12.9. The van der Waals surface area contributed by atoms with Gasteiger partial charge in [-0.05, 0) is 55.3 Å². The summed E-state index contributed by atoms with van der Waals surface area (Å²) in [5, 5.41) is 3.52. The number of nitrogens with zero attached hydrogens (tertiary/aromatic N) is 2. The normalized spacial score (nSPS) is 17.8. The van der Waals surface area contributed by atoms with Crippen LogP contribution < -0.4 is 10.1 Å². The molecule has 2 amide bonds. The summed E-state index contributed by atoms with van der Waals surface area (Å²) in [5.74, 6) is 0.480. The molecule has 2 aromatic rings. The van der Waals surface area contributed by atoms with E-state index in [2.05, 4.69) is 10.3 Å². The molecule has 1 N–H and O–H groups in total. The molecular weight excluding hydrogens is 422 g/mol. The number of halogens is 1. The molecule has 1 fully saturated rings. The van der Waals surface area contributed by atoms with Crippen molar-refractivity contribution in [1.29, 1.82) is 0 Å². The molecule has 6 nitrogen and oxygen atoms in total. The van der Waals surface area contributed by atoms with Gasteiger partial charge >= 0.3 is 0 Å². The number of benzene rings is 2. The molecule has 1 atom stereocenters. The van der Waals surface area contributed by atoms with Crippen molar-refractivity contribution in [3.8, 4) is 5.75 Å². The van der Waals surface area contributed by atoms with E-state index >= 15 is 0 Å². The zero-order chi connectivity index (χ0) is 21.5. The maximum Gasteiger partial charge on any atom is 0.234 e. The average molecular weight is 446 g/mol. The van der Waals surface area contributed by atoms with Crippen LogP contribution in [-0.2, 0) is 16.0 Å².